The number of hydrogen-bond acceptors (Lipinski definition) is 3. The molecule has 0 aromatic heterocycles. The van der Waals surface area contributed by atoms with Crippen LogP contribution in [0.25, 0.3) is 0 Å². The molecule has 1 aliphatic heterocycles. The van der Waals surface area contributed by atoms with Gasteiger partial charge in [-0.05, 0) is 64.8 Å². The normalized spacial score (nSPS) is 23.6. The van der Waals surface area contributed by atoms with Crippen LogP contribution in [0.3, 0.4) is 0 Å². The van der Waals surface area contributed by atoms with E-state index in [1.807, 2.05) is 12.1 Å². The Kier molecular flexibility index (Phi) is 4.28. The zero-order valence-corrected chi connectivity index (χ0v) is 13.3. The number of benzene rings is 1. The SMILES string of the molecule is CCCOc1ccc(NC2CC(C)(C)OC2(C)C)cc1. The molecule has 20 heavy (non-hydrogen) atoms. The van der Waals surface area contributed by atoms with E-state index < -0.39 is 0 Å². The maximum atomic E-state index is 6.11. The van der Waals surface area contributed by atoms with Gasteiger partial charge in [0.2, 0.25) is 0 Å². The van der Waals surface area contributed by atoms with Crippen molar-refractivity contribution in [2.45, 2.75) is 64.7 Å². The minimum atomic E-state index is -0.152. The molecule has 1 aromatic carbocycles. The first-order valence-electron chi connectivity index (χ1n) is 7.52. The topological polar surface area (TPSA) is 30.5 Å². The third kappa shape index (κ3) is 3.66. The Morgan fingerprint density at radius 3 is 2.35 bits per heavy atom. The van der Waals surface area contributed by atoms with Gasteiger partial charge in [0.15, 0.2) is 0 Å². The van der Waals surface area contributed by atoms with E-state index in [2.05, 4.69) is 52.1 Å². The third-order valence-corrected chi connectivity index (χ3v) is 3.74. The maximum Gasteiger partial charge on any atom is 0.119 e. The fourth-order valence-corrected chi connectivity index (χ4v) is 2.86. The van der Waals surface area contributed by atoms with Gasteiger partial charge < -0.3 is 14.8 Å². The molecule has 1 atom stereocenters. The van der Waals surface area contributed by atoms with E-state index in [1.54, 1.807) is 0 Å². The molecule has 0 saturated carbocycles. The van der Waals surface area contributed by atoms with Crippen molar-refractivity contribution in [2.75, 3.05) is 11.9 Å². The minimum absolute atomic E-state index is 0.0641. The highest BCUT2D eigenvalue weighted by Crippen LogP contribution is 2.38. The summed E-state index contributed by atoms with van der Waals surface area (Å²) >= 11 is 0. The van der Waals surface area contributed by atoms with Crippen LogP contribution < -0.4 is 10.1 Å². The largest absolute Gasteiger partial charge is 0.494 e. The van der Waals surface area contributed by atoms with Crippen molar-refractivity contribution >= 4 is 5.69 Å². The van der Waals surface area contributed by atoms with Crippen LogP contribution >= 0.6 is 0 Å². The Balaban J connectivity index is 2.00. The predicted octanol–water partition coefficient (Wildman–Crippen LogP) is 4.23. The molecule has 1 aliphatic rings. The molecular weight excluding hydrogens is 250 g/mol. The van der Waals surface area contributed by atoms with Gasteiger partial charge >= 0.3 is 0 Å². The van der Waals surface area contributed by atoms with E-state index in [9.17, 15) is 0 Å². The van der Waals surface area contributed by atoms with Gasteiger partial charge in [-0.2, -0.15) is 0 Å². The van der Waals surface area contributed by atoms with Crippen LogP contribution in [0.15, 0.2) is 24.3 Å². The smallest absolute Gasteiger partial charge is 0.119 e. The lowest BCUT2D eigenvalue weighted by Crippen LogP contribution is -2.38. The molecule has 1 fully saturated rings. The Hall–Kier alpha value is -1.22. The molecule has 0 spiro atoms. The van der Waals surface area contributed by atoms with E-state index in [-0.39, 0.29) is 11.2 Å². The van der Waals surface area contributed by atoms with Crippen molar-refractivity contribution in [1.82, 2.24) is 0 Å². The molecule has 3 nitrogen and oxygen atoms in total. The van der Waals surface area contributed by atoms with Gasteiger partial charge in [-0.15, -0.1) is 0 Å². The van der Waals surface area contributed by atoms with Gasteiger partial charge in [-0.3, -0.25) is 0 Å². The van der Waals surface area contributed by atoms with Gasteiger partial charge in [0.1, 0.15) is 5.75 Å². The highest BCUT2D eigenvalue weighted by molar-refractivity contribution is 5.48. The highest BCUT2D eigenvalue weighted by Gasteiger charge is 2.45. The summed E-state index contributed by atoms with van der Waals surface area (Å²) in [6.45, 7) is 11.5. The molecule has 112 valence electrons. The van der Waals surface area contributed by atoms with E-state index in [1.165, 1.54) is 0 Å². The van der Waals surface area contributed by atoms with Gasteiger partial charge in [0.05, 0.1) is 23.9 Å². The van der Waals surface area contributed by atoms with Crippen molar-refractivity contribution in [2.24, 2.45) is 0 Å². The van der Waals surface area contributed by atoms with Crippen molar-refractivity contribution < 1.29 is 9.47 Å². The summed E-state index contributed by atoms with van der Waals surface area (Å²) in [5.74, 6) is 0.930. The fraction of sp³-hybridized carbons (Fsp3) is 0.647. The number of rotatable bonds is 5. The molecule has 1 saturated heterocycles. The average Bonchev–Trinajstić information content (AvgIpc) is 2.56. The zero-order valence-electron chi connectivity index (χ0n) is 13.3. The molecule has 1 unspecified atom stereocenters. The summed E-state index contributed by atoms with van der Waals surface area (Å²) in [5, 5.41) is 3.59. The highest BCUT2D eigenvalue weighted by atomic mass is 16.5. The van der Waals surface area contributed by atoms with Gasteiger partial charge in [0.25, 0.3) is 0 Å². The first kappa shape index (κ1) is 15.2. The van der Waals surface area contributed by atoms with Crippen LogP contribution in [-0.4, -0.2) is 23.9 Å². The second kappa shape index (κ2) is 5.65. The molecule has 0 amide bonds. The molecule has 0 aliphatic carbocycles. The Morgan fingerprint density at radius 2 is 1.85 bits per heavy atom. The first-order valence-corrected chi connectivity index (χ1v) is 7.52. The summed E-state index contributed by atoms with van der Waals surface area (Å²) in [5.41, 5.74) is 0.903. The second-order valence-corrected chi connectivity index (χ2v) is 6.74. The second-order valence-electron chi connectivity index (χ2n) is 6.74. The van der Waals surface area contributed by atoms with Crippen LogP contribution in [0.5, 0.6) is 5.75 Å². The lowest BCUT2D eigenvalue weighted by Gasteiger charge is -2.28. The van der Waals surface area contributed by atoms with E-state index >= 15 is 0 Å². The summed E-state index contributed by atoms with van der Waals surface area (Å²) in [6.07, 6.45) is 2.04. The quantitative estimate of drug-likeness (QED) is 0.873. The van der Waals surface area contributed by atoms with E-state index in [0.29, 0.717) is 6.04 Å². The Morgan fingerprint density at radius 1 is 1.20 bits per heavy atom. The van der Waals surface area contributed by atoms with Crippen molar-refractivity contribution in [3.8, 4) is 5.75 Å². The number of hydrogen-bond donors (Lipinski definition) is 1. The molecular formula is C17H27NO2. The van der Waals surface area contributed by atoms with Crippen molar-refractivity contribution in [1.29, 1.82) is 0 Å². The standard InChI is InChI=1S/C17H27NO2/c1-6-11-19-14-9-7-13(8-10-14)18-15-12-16(2,3)20-17(15,4)5/h7-10,15,18H,6,11-12H2,1-5H3. The van der Waals surface area contributed by atoms with Gasteiger partial charge in [-0.1, -0.05) is 6.92 Å². The van der Waals surface area contributed by atoms with Crippen LogP contribution in [0.2, 0.25) is 0 Å². The van der Waals surface area contributed by atoms with Crippen LogP contribution in [-0.2, 0) is 4.74 Å². The van der Waals surface area contributed by atoms with Crippen LogP contribution in [0, 0.1) is 0 Å². The molecule has 0 bridgehead atoms. The minimum Gasteiger partial charge on any atom is -0.494 e. The zero-order chi connectivity index (χ0) is 14.8. The maximum absolute atomic E-state index is 6.11. The molecule has 2 rings (SSSR count). The lowest BCUT2D eigenvalue weighted by atomic mass is 9.94. The van der Waals surface area contributed by atoms with Crippen LogP contribution in [0.4, 0.5) is 5.69 Å². The van der Waals surface area contributed by atoms with E-state index in [0.717, 1.165) is 30.9 Å². The van der Waals surface area contributed by atoms with Gasteiger partial charge in [0, 0.05) is 5.69 Å². The van der Waals surface area contributed by atoms with Gasteiger partial charge in [-0.25, -0.2) is 0 Å². The fourth-order valence-electron chi connectivity index (χ4n) is 2.86. The molecule has 1 heterocycles. The Labute approximate surface area is 122 Å². The Bertz CT molecular complexity index is 437. The summed E-state index contributed by atoms with van der Waals surface area (Å²) in [4.78, 5) is 0. The van der Waals surface area contributed by atoms with E-state index in [4.69, 9.17) is 9.47 Å². The molecule has 1 N–H and O–H groups in total. The lowest BCUT2D eigenvalue weighted by molar-refractivity contribution is -0.0662. The number of nitrogens with one attached hydrogen (secondary N) is 1. The summed E-state index contributed by atoms with van der Waals surface area (Å²) in [6, 6.07) is 8.51. The summed E-state index contributed by atoms with van der Waals surface area (Å²) in [7, 11) is 0. The number of ether oxygens (including phenoxy) is 2. The third-order valence-electron chi connectivity index (χ3n) is 3.74. The molecule has 3 heteroatoms. The number of anilines is 1. The summed E-state index contributed by atoms with van der Waals surface area (Å²) < 4.78 is 11.7. The first-order chi connectivity index (χ1) is 9.32. The molecule has 1 aromatic rings. The van der Waals surface area contributed by atoms with Crippen molar-refractivity contribution in [3.63, 3.8) is 0 Å². The monoisotopic (exact) mass is 277 g/mol. The molecule has 0 radical (unpaired) electrons. The van der Waals surface area contributed by atoms with Crippen LogP contribution in [0.1, 0.15) is 47.5 Å². The van der Waals surface area contributed by atoms with Crippen molar-refractivity contribution in [3.05, 3.63) is 24.3 Å². The average molecular weight is 277 g/mol. The predicted molar refractivity (Wildman–Crippen MR) is 83.5 cm³/mol.